The standard InChI is InChI=1S/C46H64N4O13/c1-24-13-12-14-25(2)45(57)48-36-31(23-47-50-18-16-49(17-19-50)20-22-58-9)39(54)33-34(40(36)55)38(53)29(6)43-35(33)44(56)46(8,63-43)61-21-15-32(59-10)26(3)42(62-30(7)51)28(5)37(52)27(4)41(24)60-11/h12-15,21,23-24,26-28,32,37,41-42,52-55H,16-20,22H2,1-11H3,(H,48,57)/b13-12+,21-15+,25-14-,47-23+/t24-,26+,27-,28+,32-,37+,41-,42+,46-/m0/s1. The second-order valence-electron chi connectivity index (χ2n) is 16.9. The van der Waals surface area contributed by atoms with E-state index in [1.165, 1.54) is 46.4 Å². The van der Waals surface area contributed by atoms with Crippen LogP contribution in [0.4, 0.5) is 5.69 Å². The summed E-state index contributed by atoms with van der Waals surface area (Å²) >= 11 is 0. The number of aliphatic hydroxyl groups excluding tert-OH is 1. The lowest BCUT2D eigenvalue weighted by Gasteiger charge is -2.38. The first kappa shape index (κ1) is 48.8. The van der Waals surface area contributed by atoms with Gasteiger partial charge in [-0.25, -0.2) is 0 Å². The molecule has 2 aromatic carbocycles. The molecule has 5 bridgehead atoms. The van der Waals surface area contributed by atoms with Crippen LogP contribution in [-0.2, 0) is 33.3 Å². The van der Waals surface area contributed by atoms with Crippen LogP contribution in [0.1, 0.15) is 70.0 Å². The van der Waals surface area contributed by atoms with Gasteiger partial charge in [-0.2, -0.15) is 5.10 Å². The van der Waals surface area contributed by atoms with Crippen molar-refractivity contribution >= 4 is 40.3 Å². The summed E-state index contributed by atoms with van der Waals surface area (Å²) in [7, 11) is 4.65. The highest BCUT2D eigenvalue weighted by Gasteiger charge is 2.50. The molecule has 346 valence electrons. The van der Waals surface area contributed by atoms with Crippen LogP contribution in [0, 0.1) is 30.6 Å². The molecule has 1 amide bonds. The summed E-state index contributed by atoms with van der Waals surface area (Å²) in [5.41, 5.74) is -0.281. The van der Waals surface area contributed by atoms with Crippen LogP contribution in [0.3, 0.4) is 0 Å². The molecule has 0 spiro atoms. The highest BCUT2D eigenvalue weighted by atomic mass is 16.7. The van der Waals surface area contributed by atoms with Crippen molar-refractivity contribution in [2.45, 2.75) is 85.6 Å². The predicted octanol–water partition coefficient (Wildman–Crippen LogP) is 5.01. The molecule has 0 aromatic heterocycles. The van der Waals surface area contributed by atoms with Crippen molar-refractivity contribution in [3.8, 4) is 23.0 Å². The number of ketones is 1. The molecule has 4 heterocycles. The van der Waals surface area contributed by atoms with Gasteiger partial charge in [0.15, 0.2) is 5.75 Å². The smallest absolute Gasteiger partial charge is 0.312 e. The highest BCUT2D eigenvalue weighted by molar-refractivity contribution is 6.23. The SMILES string of the molecule is COCCN1CCN(/N=C/c2c3c(O)c4c(O)c(C)c5c(c4c2O)C(=O)[C@@](C)(O/C=C/[C@H](OC)[C@@H](C)[C@@H](OC(C)=O)[C@H](C)[C@H](O)[C@H](C)[C@@H](OC)[C@@H](C)/C=C/C=C(/C)C(=O)N3)O5)CC1. The molecule has 1 fully saturated rings. The number of phenols is 3. The number of aliphatic hydroxyl groups is 1. The monoisotopic (exact) mass is 880 g/mol. The molecular formula is C46H64N4O13. The second-order valence-corrected chi connectivity index (χ2v) is 16.9. The minimum atomic E-state index is -2.04. The van der Waals surface area contributed by atoms with E-state index in [9.17, 15) is 34.8 Å². The third-order valence-corrected chi connectivity index (χ3v) is 12.6. The van der Waals surface area contributed by atoms with E-state index in [-0.39, 0.29) is 50.4 Å². The van der Waals surface area contributed by atoms with Gasteiger partial charge in [0.1, 0.15) is 23.4 Å². The van der Waals surface area contributed by atoms with Crippen LogP contribution >= 0.6 is 0 Å². The summed E-state index contributed by atoms with van der Waals surface area (Å²) in [6, 6.07) is 0. The molecule has 17 heteroatoms. The third kappa shape index (κ3) is 10.1. The van der Waals surface area contributed by atoms with E-state index in [0.29, 0.717) is 32.8 Å². The third-order valence-electron chi connectivity index (χ3n) is 12.6. The maximum Gasteiger partial charge on any atom is 0.312 e. The van der Waals surface area contributed by atoms with Crippen molar-refractivity contribution in [3.63, 3.8) is 0 Å². The predicted molar refractivity (Wildman–Crippen MR) is 236 cm³/mol. The molecule has 17 nitrogen and oxygen atoms in total. The fraction of sp³-hybridized carbons (Fsp3) is 0.565. The van der Waals surface area contributed by atoms with Crippen LogP contribution < -0.4 is 10.1 Å². The van der Waals surface area contributed by atoms with E-state index in [4.69, 9.17) is 28.4 Å². The number of benzene rings is 2. The topological polar surface area (TPSA) is 218 Å². The van der Waals surface area contributed by atoms with Crippen molar-refractivity contribution in [1.82, 2.24) is 9.91 Å². The fourth-order valence-corrected chi connectivity index (χ4v) is 8.73. The lowest BCUT2D eigenvalue weighted by atomic mass is 9.78. The Labute approximate surface area is 368 Å². The van der Waals surface area contributed by atoms with E-state index in [0.717, 1.165) is 6.54 Å². The number of hydrogen-bond acceptors (Lipinski definition) is 16. The largest absolute Gasteiger partial charge is 0.507 e. The Kier molecular flexibility index (Phi) is 15.9. The van der Waals surface area contributed by atoms with Crippen LogP contribution in [0.15, 0.2) is 41.2 Å². The van der Waals surface area contributed by atoms with Gasteiger partial charge < -0.3 is 54.2 Å². The molecule has 0 aliphatic carbocycles. The van der Waals surface area contributed by atoms with Gasteiger partial charge in [0.05, 0.1) is 59.6 Å². The van der Waals surface area contributed by atoms with Crippen LogP contribution in [-0.4, -0.2) is 145 Å². The number of amides is 1. The molecule has 1 saturated heterocycles. The van der Waals surface area contributed by atoms with Crippen molar-refractivity contribution in [2.24, 2.45) is 28.8 Å². The molecule has 5 N–H and O–H groups in total. The number of hydrazone groups is 1. The van der Waals surface area contributed by atoms with E-state index in [1.54, 1.807) is 52.2 Å². The molecule has 0 saturated carbocycles. The number of ether oxygens (including phenoxy) is 6. The Morgan fingerprint density at radius 1 is 0.937 bits per heavy atom. The zero-order valence-corrected chi connectivity index (χ0v) is 38.1. The quantitative estimate of drug-likeness (QED) is 0.102. The van der Waals surface area contributed by atoms with Gasteiger partial charge in [0.2, 0.25) is 0 Å². The number of Topliss-reactive ketones (excluding diaryl/α,β-unsaturated/α-hetero) is 1. The molecule has 0 radical (unpaired) electrons. The zero-order valence-electron chi connectivity index (χ0n) is 38.1. The number of methoxy groups -OCH3 is 3. The van der Waals surface area contributed by atoms with Gasteiger partial charge in [0, 0.05) is 108 Å². The first-order valence-corrected chi connectivity index (χ1v) is 21.2. The summed E-state index contributed by atoms with van der Waals surface area (Å²) in [5.74, 6) is -7.68. The molecule has 4 aliphatic heterocycles. The first-order valence-electron chi connectivity index (χ1n) is 21.2. The van der Waals surface area contributed by atoms with Gasteiger partial charge in [-0.1, -0.05) is 45.9 Å². The molecule has 4 aliphatic rings. The lowest BCUT2D eigenvalue weighted by Crippen LogP contribution is -2.47. The number of nitrogens with zero attached hydrogens (tertiary/aromatic N) is 3. The van der Waals surface area contributed by atoms with Gasteiger partial charge >= 0.3 is 11.8 Å². The summed E-state index contributed by atoms with van der Waals surface area (Å²) in [6.07, 6.45) is 6.00. The van der Waals surface area contributed by atoms with Crippen LogP contribution in [0.2, 0.25) is 0 Å². The number of carbonyl (C=O) groups is 3. The highest BCUT2D eigenvalue weighted by Crippen LogP contribution is 2.55. The molecular weight excluding hydrogens is 817 g/mol. The minimum Gasteiger partial charge on any atom is -0.507 e. The average Bonchev–Trinajstić information content (AvgIpc) is 3.52. The Hall–Kier alpha value is -5.20. The number of nitrogens with one attached hydrogen (secondary N) is 1. The maximum atomic E-state index is 14.5. The van der Waals surface area contributed by atoms with E-state index in [1.807, 2.05) is 19.9 Å². The van der Waals surface area contributed by atoms with Crippen molar-refractivity contribution < 1.29 is 63.2 Å². The van der Waals surface area contributed by atoms with E-state index in [2.05, 4.69) is 15.3 Å². The van der Waals surface area contributed by atoms with E-state index < -0.39 is 82.9 Å². The average molecular weight is 881 g/mol. The number of phenolic OH excluding ortho intramolecular Hbond substituents is 3. The summed E-state index contributed by atoms with van der Waals surface area (Å²) < 4.78 is 34.9. The number of rotatable bonds is 8. The Morgan fingerprint density at radius 2 is 1.60 bits per heavy atom. The van der Waals surface area contributed by atoms with Crippen LogP contribution in [0.25, 0.3) is 10.8 Å². The Bertz CT molecular complexity index is 2150. The fourth-order valence-electron chi connectivity index (χ4n) is 8.73. The lowest BCUT2D eigenvalue weighted by molar-refractivity contribution is -0.161. The normalized spacial score (nSPS) is 30.8. The Balaban J connectivity index is 1.68. The summed E-state index contributed by atoms with van der Waals surface area (Å²) in [4.78, 5) is 43.1. The second kappa shape index (κ2) is 20.5. The molecule has 0 unspecified atom stereocenters. The number of aromatic hydroxyl groups is 3. The number of hydrogen-bond donors (Lipinski definition) is 5. The number of piperazine rings is 1. The van der Waals surface area contributed by atoms with E-state index >= 15 is 0 Å². The zero-order chi connectivity index (χ0) is 46.5. The van der Waals surface area contributed by atoms with Gasteiger partial charge in [-0.05, 0) is 19.9 Å². The van der Waals surface area contributed by atoms with Crippen molar-refractivity contribution in [3.05, 3.63) is 52.8 Å². The first-order chi connectivity index (χ1) is 29.8. The number of allylic oxidation sites excluding steroid dienone is 2. The summed E-state index contributed by atoms with van der Waals surface area (Å²) in [6.45, 7) is 16.8. The summed E-state index contributed by atoms with van der Waals surface area (Å²) in [5, 5.41) is 56.2. The molecule has 2 aromatic rings. The number of carbonyl (C=O) groups excluding carboxylic acids is 3. The maximum absolute atomic E-state index is 14.5. The number of anilines is 1. The number of esters is 1. The number of fused-ring (bicyclic) bond motifs is 14. The molecule has 9 atom stereocenters. The van der Waals surface area contributed by atoms with Crippen LogP contribution in [0.5, 0.6) is 23.0 Å². The van der Waals surface area contributed by atoms with Crippen molar-refractivity contribution in [2.75, 3.05) is 66.0 Å². The van der Waals surface area contributed by atoms with Gasteiger partial charge in [-0.3, -0.25) is 24.3 Å². The molecule has 63 heavy (non-hydrogen) atoms. The molecule has 6 rings (SSSR count). The van der Waals surface area contributed by atoms with Gasteiger partial charge in [0.25, 0.3) is 11.7 Å². The Morgan fingerprint density at radius 3 is 2.22 bits per heavy atom. The minimum absolute atomic E-state index is 0.0616. The van der Waals surface area contributed by atoms with Crippen molar-refractivity contribution in [1.29, 1.82) is 0 Å². The van der Waals surface area contributed by atoms with Gasteiger partial charge in [-0.15, -0.1) is 0 Å².